The zero-order valence-corrected chi connectivity index (χ0v) is 18.2. The SMILES string of the molecule is O=P([O-])([O-])[O-].O=P([O-])([O-])[O-].[Al+3].[Ca+2].[Ca+2].[Ca+2].[O-]B([O-])[O-]. The van der Waals surface area contributed by atoms with Gasteiger partial charge in [-0.25, -0.2) is 0 Å². The van der Waals surface area contributed by atoms with E-state index in [1.807, 2.05) is 0 Å². The van der Waals surface area contributed by atoms with Gasteiger partial charge in [-0.15, -0.1) is 0 Å². The van der Waals surface area contributed by atoms with Crippen molar-refractivity contribution in [1.29, 1.82) is 0 Å². The van der Waals surface area contributed by atoms with E-state index in [1.165, 1.54) is 0 Å². The molecule has 18 heteroatoms. The summed E-state index contributed by atoms with van der Waals surface area (Å²) in [6, 6.07) is 0. The van der Waals surface area contributed by atoms with Gasteiger partial charge < -0.3 is 53.6 Å². The van der Waals surface area contributed by atoms with Gasteiger partial charge in [-0.1, -0.05) is 0 Å². The van der Waals surface area contributed by atoms with Gasteiger partial charge in [0.2, 0.25) is 0 Å². The first kappa shape index (κ1) is 43.3. The standard InChI is InChI=1S/Al.BO3.3Ca.2H3O4P/c;2-1(3)4;;;;2*1-5(2,3)4/h;;;;;2*(H3,1,2,3,4)/q+3;-3;3*+2;;/p-6. The van der Waals surface area contributed by atoms with E-state index in [2.05, 4.69) is 0 Å². The first-order valence-electron chi connectivity index (χ1n) is 2.17. The summed E-state index contributed by atoms with van der Waals surface area (Å²) in [4.78, 5) is 51.3. The molecule has 0 unspecified atom stereocenters. The van der Waals surface area contributed by atoms with Crippen molar-refractivity contribution in [3.05, 3.63) is 0 Å². The summed E-state index contributed by atoms with van der Waals surface area (Å²) in [5.41, 5.74) is 0. The Bertz CT molecular complexity index is 173. The quantitative estimate of drug-likeness (QED) is 0.275. The summed E-state index contributed by atoms with van der Waals surface area (Å²) in [7, 11) is -13.7. The molecule has 0 N–H and O–H groups in total. The second-order valence-corrected chi connectivity index (χ2v) is 2.97. The van der Waals surface area contributed by atoms with Gasteiger partial charge in [-0.3, -0.25) is 7.32 Å². The molecule has 0 aliphatic heterocycles. The van der Waals surface area contributed by atoms with Crippen LogP contribution in [0.3, 0.4) is 0 Å². The van der Waals surface area contributed by atoms with E-state index in [0.29, 0.717) is 0 Å². The number of rotatable bonds is 0. The normalized spacial score (nSPS) is 8.06. The number of phosphoric acid groups is 2. The molecule has 0 atom stereocenters. The first-order valence-corrected chi connectivity index (χ1v) is 5.09. The Morgan fingerprint density at radius 2 is 0.611 bits per heavy atom. The average molecular weight is 396 g/mol. The minimum absolute atomic E-state index is 0. The van der Waals surface area contributed by atoms with E-state index in [4.69, 9.17) is 53.6 Å². The van der Waals surface area contributed by atoms with Crippen LogP contribution in [-0.2, 0) is 9.13 Å². The summed E-state index contributed by atoms with van der Waals surface area (Å²) >= 11 is 0. The topological polar surface area (TPSA) is 242 Å². The van der Waals surface area contributed by atoms with Crippen LogP contribution in [0.2, 0.25) is 0 Å². The summed E-state index contributed by atoms with van der Waals surface area (Å²) in [5.74, 6) is 0. The Balaban J connectivity index is -0.0000000183. The van der Waals surface area contributed by atoms with E-state index >= 15 is 0 Å². The van der Waals surface area contributed by atoms with Crippen LogP contribution in [0.25, 0.3) is 0 Å². The fourth-order valence-electron chi connectivity index (χ4n) is 0. The Morgan fingerprint density at radius 1 is 0.611 bits per heavy atom. The van der Waals surface area contributed by atoms with E-state index < -0.39 is 23.0 Å². The molecule has 0 fully saturated rings. The van der Waals surface area contributed by atoms with Crippen molar-refractivity contribution in [1.82, 2.24) is 0 Å². The monoisotopic (exact) mass is 396 g/mol. The molecule has 0 bridgehead atoms. The molecule has 0 heterocycles. The third-order valence-electron chi connectivity index (χ3n) is 0. The molecule has 0 spiro atoms. The molecular weight excluding hydrogens is 396 g/mol. The molecule has 0 aliphatic carbocycles. The molecule has 0 aliphatic rings. The first-order chi connectivity index (χ1) is 5.73. The van der Waals surface area contributed by atoms with Gasteiger partial charge in [0.05, 0.1) is 0 Å². The Labute approximate surface area is 203 Å². The van der Waals surface area contributed by atoms with E-state index in [-0.39, 0.29) is 131 Å². The second kappa shape index (κ2) is 23.7. The molecule has 0 amide bonds. The minimum atomic E-state index is -5.39. The van der Waals surface area contributed by atoms with Gasteiger partial charge in [0.15, 0.2) is 0 Å². The summed E-state index contributed by atoms with van der Waals surface area (Å²) in [6.45, 7) is 0. The molecule has 88 valence electrons. The smallest absolute Gasteiger partial charge is 0.907 e. The van der Waals surface area contributed by atoms with Gasteiger partial charge in [-0.05, 0) is 0 Å². The number of hydrogen-bond acceptors (Lipinski definition) is 11. The van der Waals surface area contributed by atoms with Crippen LogP contribution in [0.4, 0.5) is 0 Å². The van der Waals surface area contributed by atoms with Crippen LogP contribution in [0.15, 0.2) is 0 Å². The van der Waals surface area contributed by atoms with Crippen LogP contribution >= 0.6 is 15.6 Å². The maximum Gasteiger partial charge on any atom is 3.00 e. The number of hydrogen-bond donors (Lipinski definition) is 0. The predicted molar refractivity (Wildman–Crippen MR) is 44.0 cm³/mol. The molecular formula is AlBCa3O11P2. The van der Waals surface area contributed by atoms with E-state index in [1.54, 1.807) is 0 Å². The molecule has 0 aromatic carbocycles. The Kier molecular flexibility index (Phi) is 57.1. The van der Waals surface area contributed by atoms with Gasteiger partial charge in [0.1, 0.15) is 0 Å². The second-order valence-electron chi connectivity index (χ2n) is 1.18. The molecule has 0 saturated carbocycles. The Hall–Kier alpha value is 4.48. The van der Waals surface area contributed by atoms with Crippen LogP contribution in [0.5, 0.6) is 0 Å². The van der Waals surface area contributed by atoms with Crippen molar-refractivity contribution >= 4 is 154 Å². The van der Waals surface area contributed by atoms with Crippen LogP contribution in [0.1, 0.15) is 0 Å². The Morgan fingerprint density at radius 3 is 0.611 bits per heavy atom. The van der Waals surface area contributed by atoms with Gasteiger partial charge in [-0.2, -0.15) is 15.6 Å². The van der Waals surface area contributed by atoms with Gasteiger partial charge in [0.25, 0.3) is 0 Å². The van der Waals surface area contributed by atoms with E-state index in [0.717, 1.165) is 0 Å². The van der Waals surface area contributed by atoms with Gasteiger partial charge >= 0.3 is 131 Å². The largest absolute Gasteiger partial charge is 3.00 e. The fourth-order valence-corrected chi connectivity index (χ4v) is 0. The molecule has 0 aromatic rings. The van der Waals surface area contributed by atoms with Crippen molar-refractivity contribution in [3.8, 4) is 0 Å². The van der Waals surface area contributed by atoms with Gasteiger partial charge in [0, 0.05) is 0 Å². The van der Waals surface area contributed by atoms with Crippen molar-refractivity contribution < 1.29 is 53.6 Å². The zero-order valence-electron chi connectivity index (χ0n) is 8.66. The molecule has 18 heavy (non-hydrogen) atoms. The zero-order chi connectivity index (χ0) is 12.6. The third-order valence-corrected chi connectivity index (χ3v) is 0. The van der Waals surface area contributed by atoms with Crippen molar-refractivity contribution in [2.45, 2.75) is 0 Å². The van der Waals surface area contributed by atoms with Crippen molar-refractivity contribution in [2.24, 2.45) is 0 Å². The summed E-state index contributed by atoms with van der Waals surface area (Å²) in [5, 5.41) is 25.2. The molecule has 0 rings (SSSR count). The molecule has 0 radical (unpaired) electrons. The summed E-state index contributed by atoms with van der Waals surface area (Å²) in [6.07, 6.45) is 0. The van der Waals surface area contributed by atoms with Crippen molar-refractivity contribution in [2.75, 3.05) is 0 Å². The predicted octanol–water partition coefficient (Wildman–Crippen LogP) is -11.1. The average Bonchev–Trinajstić information content (AvgIpc) is 1.45. The third kappa shape index (κ3) is 388. The summed E-state index contributed by atoms with van der Waals surface area (Å²) < 4.78 is 17.1. The van der Waals surface area contributed by atoms with E-state index in [9.17, 15) is 0 Å². The molecule has 0 aromatic heterocycles. The van der Waals surface area contributed by atoms with Crippen LogP contribution in [-0.4, -0.2) is 138 Å². The maximum absolute atomic E-state index is 8.55. The van der Waals surface area contributed by atoms with Crippen molar-refractivity contribution in [3.63, 3.8) is 0 Å². The molecule has 0 saturated heterocycles. The minimum Gasteiger partial charge on any atom is -0.907 e. The molecule has 11 nitrogen and oxygen atoms in total. The van der Waals surface area contributed by atoms with Crippen LogP contribution in [0, 0.1) is 0 Å². The maximum atomic E-state index is 8.55. The van der Waals surface area contributed by atoms with Crippen LogP contribution < -0.4 is 44.4 Å². The fraction of sp³-hybridized carbons (Fsp3) is 0.